The third-order valence-corrected chi connectivity index (χ3v) is 5.39. The van der Waals surface area contributed by atoms with Crippen molar-refractivity contribution in [1.29, 1.82) is 0 Å². The number of nitrogens with zero attached hydrogens (tertiary/aromatic N) is 4. The average Bonchev–Trinajstić information content (AvgIpc) is 2.71. The summed E-state index contributed by atoms with van der Waals surface area (Å²) in [5, 5.41) is 0.720. The van der Waals surface area contributed by atoms with Crippen molar-refractivity contribution in [3.05, 3.63) is 51.9 Å². The first-order chi connectivity index (χ1) is 13.9. The minimum Gasteiger partial charge on any atom is -0.378 e. The van der Waals surface area contributed by atoms with Crippen LogP contribution in [0.4, 0.5) is 5.82 Å². The summed E-state index contributed by atoms with van der Waals surface area (Å²) >= 11 is 6.05. The van der Waals surface area contributed by atoms with Gasteiger partial charge in [0, 0.05) is 56.2 Å². The number of benzene rings is 1. The minimum atomic E-state index is 0.0246. The fourth-order valence-electron chi connectivity index (χ4n) is 3.65. The summed E-state index contributed by atoms with van der Waals surface area (Å²) in [5.41, 5.74) is 3.13. The molecule has 0 saturated carbocycles. The Morgan fingerprint density at radius 2 is 1.79 bits per heavy atom. The van der Waals surface area contributed by atoms with Crippen LogP contribution in [0.5, 0.6) is 0 Å². The first-order valence-corrected chi connectivity index (χ1v) is 10.4. The maximum atomic E-state index is 12.3. The van der Waals surface area contributed by atoms with Gasteiger partial charge >= 0.3 is 0 Å². The Morgan fingerprint density at radius 3 is 2.38 bits per heavy atom. The lowest BCUT2D eigenvalue weighted by atomic mass is 10.0. The predicted molar refractivity (Wildman–Crippen MR) is 115 cm³/mol. The van der Waals surface area contributed by atoms with Crippen LogP contribution in [0.1, 0.15) is 36.5 Å². The van der Waals surface area contributed by atoms with E-state index in [0.717, 1.165) is 46.6 Å². The lowest BCUT2D eigenvalue weighted by Crippen LogP contribution is -2.50. The van der Waals surface area contributed by atoms with Crippen molar-refractivity contribution < 1.29 is 9.53 Å². The fourth-order valence-corrected chi connectivity index (χ4v) is 3.77. The zero-order chi connectivity index (χ0) is 21.0. The number of halogens is 1. The SMILES string of the molecule is COCc1nc(C)nc(N2CCN(C(=O)C(C)C)CC2)c1Cc1ccc(Cl)cc1. The first-order valence-electron chi connectivity index (χ1n) is 10.0. The van der Waals surface area contributed by atoms with Gasteiger partial charge in [-0.3, -0.25) is 4.79 Å². The molecule has 1 amide bonds. The maximum absolute atomic E-state index is 12.3. The second-order valence-corrected chi connectivity index (χ2v) is 8.16. The van der Waals surface area contributed by atoms with Crippen LogP contribution in [0.2, 0.25) is 5.02 Å². The number of hydrogen-bond donors (Lipinski definition) is 0. The number of rotatable bonds is 6. The highest BCUT2D eigenvalue weighted by Crippen LogP contribution is 2.26. The van der Waals surface area contributed by atoms with Crippen LogP contribution in [0.3, 0.4) is 0 Å². The summed E-state index contributed by atoms with van der Waals surface area (Å²) in [6.45, 7) is 9.18. The van der Waals surface area contributed by atoms with Crippen molar-refractivity contribution in [2.45, 2.75) is 33.8 Å². The summed E-state index contributed by atoms with van der Waals surface area (Å²) in [6, 6.07) is 7.86. The smallest absolute Gasteiger partial charge is 0.225 e. The number of aromatic nitrogens is 2. The van der Waals surface area contributed by atoms with Crippen molar-refractivity contribution in [3.63, 3.8) is 0 Å². The van der Waals surface area contributed by atoms with Gasteiger partial charge < -0.3 is 14.5 Å². The molecule has 6 nitrogen and oxygen atoms in total. The van der Waals surface area contributed by atoms with E-state index < -0.39 is 0 Å². The highest BCUT2D eigenvalue weighted by Gasteiger charge is 2.26. The molecule has 3 rings (SSSR count). The summed E-state index contributed by atoms with van der Waals surface area (Å²) in [5.74, 6) is 1.91. The molecule has 1 fully saturated rings. The van der Waals surface area contributed by atoms with E-state index in [2.05, 4.69) is 9.88 Å². The van der Waals surface area contributed by atoms with Crippen molar-refractivity contribution >= 4 is 23.3 Å². The van der Waals surface area contributed by atoms with E-state index in [1.165, 1.54) is 0 Å². The second kappa shape index (κ2) is 9.55. The number of ether oxygens (including phenoxy) is 1. The van der Waals surface area contributed by atoms with E-state index in [1.54, 1.807) is 7.11 Å². The topological polar surface area (TPSA) is 58.6 Å². The summed E-state index contributed by atoms with van der Waals surface area (Å²) < 4.78 is 5.41. The van der Waals surface area contributed by atoms with Gasteiger partial charge in [0.15, 0.2) is 0 Å². The molecule has 1 aliphatic heterocycles. The van der Waals surface area contributed by atoms with Gasteiger partial charge in [-0.2, -0.15) is 0 Å². The zero-order valence-electron chi connectivity index (χ0n) is 17.6. The molecule has 0 atom stereocenters. The van der Waals surface area contributed by atoms with E-state index in [0.29, 0.717) is 26.1 Å². The molecule has 1 aliphatic rings. The Kier molecular flexibility index (Phi) is 7.09. The maximum Gasteiger partial charge on any atom is 0.225 e. The molecule has 156 valence electrons. The predicted octanol–water partition coefficient (Wildman–Crippen LogP) is 3.48. The Balaban J connectivity index is 1.89. The zero-order valence-corrected chi connectivity index (χ0v) is 18.4. The van der Waals surface area contributed by atoms with Gasteiger partial charge in [-0.25, -0.2) is 9.97 Å². The van der Waals surface area contributed by atoms with E-state index in [4.69, 9.17) is 21.3 Å². The van der Waals surface area contributed by atoms with E-state index in [9.17, 15) is 4.79 Å². The molecule has 0 unspecified atom stereocenters. The van der Waals surface area contributed by atoms with E-state index >= 15 is 0 Å². The minimum absolute atomic E-state index is 0.0246. The second-order valence-electron chi connectivity index (χ2n) is 7.72. The van der Waals surface area contributed by atoms with Crippen LogP contribution in [0.25, 0.3) is 0 Å². The molecule has 1 aromatic carbocycles. The standard InChI is InChI=1S/C22H29ClN4O2/c1-15(2)22(28)27-11-9-26(10-12-27)21-19(13-17-5-7-18(23)8-6-17)20(14-29-4)24-16(3)25-21/h5-8,15H,9-14H2,1-4H3. The van der Waals surface area contributed by atoms with Crippen LogP contribution in [-0.2, 0) is 22.6 Å². The van der Waals surface area contributed by atoms with Crippen LogP contribution in [0, 0.1) is 12.8 Å². The molecule has 2 heterocycles. The first kappa shape index (κ1) is 21.5. The van der Waals surface area contributed by atoms with Gasteiger partial charge in [-0.15, -0.1) is 0 Å². The molecule has 0 N–H and O–H groups in total. The lowest BCUT2D eigenvalue weighted by molar-refractivity contribution is -0.134. The average molecular weight is 417 g/mol. The normalized spacial score (nSPS) is 14.6. The van der Waals surface area contributed by atoms with Gasteiger partial charge in [-0.05, 0) is 24.6 Å². The monoisotopic (exact) mass is 416 g/mol. The largest absolute Gasteiger partial charge is 0.378 e. The van der Waals surface area contributed by atoms with Crippen LogP contribution >= 0.6 is 11.6 Å². The summed E-state index contributed by atoms with van der Waals surface area (Å²) in [6.07, 6.45) is 0.705. The van der Waals surface area contributed by atoms with Gasteiger partial charge in [-0.1, -0.05) is 37.6 Å². The fraction of sp³-hybridized carbons (Fsp3) is 0.500. The highest BCUT2D eigenvalue weighted by molar-refractivity contribution is 6.30. The number of piperazine rings is 1. The van der Waals surface area contributed by atoms with Gasteiger partial charge in [0.1, 0.15) is 11.6 Å². The molecular weight excluding hydrogens is 388 g/mol. The van der Waals surface area contributed by atoms with E-state index in [-0.39, 0.29) is 11.8 Å². The van der Waals surface area contributed by atoms with Crippen LogP contribution in [0.15, 0.2) is 24.3 Å². The van der Waals surface area contributed by atoms with Crippen molar-refractivity contribution in [3.8, 4) is 0 Å². The molecular formula is C22H29ClN4O2. The number of anilines is 1. The van der Waals surface area contributed by atoms with Gasteiger partial charge in [0.25, 0.3) is 0 Å². The number of carbonyl (C=O) groups is 1. The molecule has 1 saturated heterocycles. The Hall–Kier alpha value is -2.18. The lowest BCUT2D eigenvalue weighted by Gasteiger charge is -2.37. The van der Waals surface area contributed by atoms with Crippen molar-refractivity contribution in [2.75, 3.05) is 38.2 Å². The molecule has 2 aromatic rings. The quantitative estimate of drug-likeness (QED) is 0.721. The Morgan fingerprint density at radius 1 is 1.14 bits per heavy atom. The number of methoxy groups -OCH3 is 1. The van der Waals surface area contributed by atoms with Gasteiger partial charge in [0.2, 0.25) is 5.91 Å². The molecule has 1 aromatic heterocycles. The highest BCUT2D eigenvalue weighted by atomic mass is 35.5. The third kappa shape index (κ3) is 5.25. The number of amides is 1. The van der Waals surface area contributed by atoms with Crippen molar-refractivity contribution in [1.82, 2.24) is 14.9 Å². The number of aryl methyl sites for hydroxylation is 1. The molecule has 0 radical (unpaired) electrons. The summed E-state index contributed by atoms with van der Waals surface area (Å²) in [4.78, 5) is 26.0. The Bertz CT molecular complexity index is 847. The molecule has 0 bridgehead atoms. The van der Waals surface area contributed by atoms with Crippen LogP contribution in [-0.4, -0.2) is 54.1 Å². The Labute approximate surface area is 177 Å². The molecule has 7 heteroatoms. The van der Waals surface area contributed by atoms with Crippen LogP contribution < -0.4 is 4.90 Å². The molecule has 29 heavy (non-hydrogen) atoms. The summed E-state index contributed by atoms with van der Waals surface area (Å²) in [7, 11) is 1.68. The molecule has 0 aliphatic carbocycles. The third-order valence-electron chi connectivity index (χ3n) is 5.14. The van der Waals surface area contributed by atoms with E-state index in [1.807, 2.05) is 49.9 Å². The molecule has 0 spiro atoms. The van der Waals surface area contributed by atoms with Gasteiger partial charge in [0.05, 0.1) is 12.3 Å². The number of carbonyl (C=O) groups excluding carboxylic acids is 1. The van der Waals surface area contributed by atoms with Crippen molar-refractivity contribution in [2.24, 2.45) is 5.92 Å². The number of hydrogen-bond acceptors (Lipinski definition) is 5.